The number of piperazine rings is 1. The maximum atomic E-state index is 12.0. The van der Waals surface area contributed by atoms with Gasteiger partial charge in [0.2, 0.25) is 5.91 Å². The van der Waals surface area contributed by atoms with Crippen molar-refractivity contribution in [2.75, 3.05) is 39.3 Å². The summed E-state index contributed by atoms with van der Waals surface area (Å²) >= 11 is 5.79. The van der Waals surface area contributed by atoms with Crippen molar-refractivity contribution in [2.45, 2.75) is 0 Å². The highest BCUT2D eigenvalue weighted by Gasteiger charge is 2.18. The molecule has 20 heavy (non-hydrogen) atoms. The lowest BCUT2D eigenvalue weighted by Crippen LogP contribution is -2.48. The van der Waals surface area contributed by atoms with Crippen molar-refractivity contribution in [1.82, 2.24) is 14.8 Å². The van der Waals surface area contributed by atoms with Crippen LogP contribution in [0.4, 0.5) is 0 Å². The van der Waals surface area contributed by atoms with E-state index in [1.165, 1.54) is 0 Å². The topological polar surface area (TPSA) is 56.7 Å². The lowest BCUT2D eigenvalue weighted by molar-refractivity contribution is -0.127. The minimum Gasteiger partial charge on any atom is -0.395 e. The summed E-state index contributed by atoms with van der Waals surface area (Å²) in [4.78, 5) is 19.9. The largest absolute Gasteiger partial charge is 0.395 e. The normalized spacial score (nSPS) is 16.8. The Balaban J connectivity index is 1.86. The predicted molar refractivity (Wildman–Crippen MR) is 78.4 cm³/mol. The highest BCUT2D eigenvalue weighted by Crippen LogP contribution is 2.09. The molecule has 1 aliphatic heterocycles. The van der Waals surface area contributed by atoms with Crippen molar-refractivity contribution in [1.29, 1.82) is 0 Å². The van der Waals surface area contributed by atoms with Crippen molar-refractivity contribution in [3.8, 4) is 0 Å². The number of β-amino-alcohol motifs (C(OH)–C–C–N with tert-alkyl or cyclic N) is 1. The molecule has 0 atom stereocenters. The van der Waals surface area contributed by atoms with E-state index in [0.29, 0.717) is 24.8 Å². The number of nitrogens with zero attached hydrogens (tertiary/aromatic N) is 3. The number of aliphatic hydroxyl groups excluding tert-OH is 1. The first-order chi connectivity index (χ1) is 9.69. The van der Waals surface area contributed by atoms with Crippen molar-refractivity contribution >= 4 is 23.6 Å². The van der Waals surface area contributed by atoms with E-state index in [1.807, 2.05) is 4.90 Å². The molecule has 1 aromatic rings. The molecular weight excluding hydrogens is 278 g/mol. The molecule has 6 heteroatoms. The van der Waals surface area contributed by atoms with Crippen LogP contribution in [0.2, 0.25) is 5.15 Å². The van der Waals surface area contributed by atoms with Crippen LogP contribution in [0.25, 0.3) is 6.08 Å². The van der Waals surface area contributed by atoms with E-state index in [-0.39, 0.29) is 12.5 Å². The number of amides is 1. The third-order valence-electron chi connectivity index (χ3n) is 3.27. The predicted octanol–water partition coefficient (Wildman–Crippen LogP) is 0.885. The zero-order valence-electron chi connectivity index (χ0n) is 11.2. The molecule has 0 aliphatic carbocycles. The minimum atomic E-state index is 0.00147. The van der Waals surface area contributed by atoms with Gasteiger partial charge in [-0.2, -0.15) is 0 Å². The van der Waals surface area contributed by atoms with E-state index in [9.17, 15) is 4.79 Å². The first kappa shape index (κ1) is 15.0. The summed E-state index contributed by atoms with van der Waals surface area (Å²) in [7, 11) is 0. The van der Waals surface area contributed by atoms with E-state index in [4.69, 9.17) is 16.7 Å². The molecule has 108 valence electrons. The number of pyridine rings is 1. The molecule has 0 aromatic carbocycles. The molecule has 2 rings (SSSR count). The number of aliphatic hydroxyl groups is 1. The summed E-state index contributed by atoms with van der Waals surface area (Å²) in [6, 6.07) is 3.51. The molecule has 1 aromatic heterocycles. The minimum absolute atomic E-state index is 0.00147. The van der Waals surface area contributed by atoms with Crippen LogP contribution in [0.5, 0.6) is 0 Å². The van der Waals surface area contributed by atoms with Gasteiger partial charge in [0, 0.05) is 45.0 Å². The number of halogens is 1. The Morgan fingerprint density at radius 1 is 1.40 bits per heavy atom. The zero-order valence-corrected chi connectivity index (χ0v) is 12.0. The SMILES string of the molecule is O=C(/C=C/c1ccnc(Cl)c1)N1CCN(CCO)CC1. The van der Waals surface area contributed by atoms with Crippen molar-refractivity contribution < 1.29 is 9.90 Å². The highest BCUT2D eigenvalue weighted by molar-refractivity contribution is 6.29. The number of hydrogen-bond acceptors (Lipinski definition) is 4. The van der Waals surface area contributed by atoms with Gasteiger partial charge in [-0.05, 0) is 23.8 Å². The molecule has 1 amide bonds. The molecular formula is C14H18ClN3O2. The Morgan fingerprint density at radius 3 is 2.80 bits per heavy atom. The molecule has 2 heterocycles. The van der Waals surface area contributed by atoms with Crippen LogP contribution >= 0.6 is 11.6 Å². The molecule has 0 bridgehead atoms. The second-order valence-electron chi connectivity index (χ2n) is 4.64. The summed E-state index contributed by atoms with van der Waals surface area (Å²) < 4.78 is 0. The highest BCUT2D eigenvalue weighted by atomic mass is 35.5. The quantitative estimate of drug-likeness (QED) is 0.662. The molecule has 1 fully saturated rings. The van der Waals surface area contributed by atoms with E-state index in [0.717, 1.165) is 18.7 Å². The first-order valence-corrected chi connectivity index (χ1v) is 6.98. The Morgan fingerprint density at radius 2 is 2.15 bits per heavy atom. The second kappa shape index (κ2) is 7.38. The van der Waals surface area contributed by atoms with Crippen LogP contribution < -0.4 is 0 Å². The summed E-state index contributed by atoms with van der Waals surface area (Å²) in [6.07, 6.45) is 4.92. The zero-order chi connectivity index (χ0) is 14.4. The molecule has 5 nitrogen and oxygen atoms in total. The fourth-order valence-electron chi connectivity index (χ4n) is 2.13. The van der Waals surface area contributed by atoms with Crippen molar-refractivity contribution in [3.63, 3.8) is 0 Å². The molecule has 0 radical (unpaired) electrons. The van der Waals surface area contributed by atoms with Gasteiger partial charge < -0.3 is 10.0 Å². The summed E-state index contributed by atoms with van der Waals surface area (Å²) in [6.45, 7) is 3.84. The fourth-order valence-corrected chi connectivity index (χ4v) is 2.31. The van der Waals surface area contributed by atoms with Crippen LogP contribution in [0.3, 0.4) is 0 Å². The lowest BCUT2D eigenvalue weighted by atomic mass is 10.2. The molecule has 0 spiro atoms. The van der Waals surface area contributed by atoms with Crippen LogP contribution in [-0.2, 0) is 4.79 Å². The molecule has 1 aliphatic rings. The Hall–Kier alpha value is -1.43. The number of carbonyl (C=O) groups is 1. The number of carbonyl (C=O) groups excluding carboxylic acids is 1. The molecule has 0 unspecified atom stereocenters. The summed E-state index contributed by atoms with van der Waals surface area (Å²) in [5.41, 5.74) is 0.859. The molecule has 1 saturated heterocycles. The number of aromatic nitrogens is 1. The van der Waals surface area contributed by atoms with Gasteiger partial charge >= 0.3 is 0 Å². The van der Waals surface area contributed by atoms with E-state index in [2.05, 4.69) is 9.88 Å². The van der Waals surface area contributed by atoms with Gasteiger partial charge in [0.15, 0.2) is 0 Å². The average molecular weight is 296 g/mol. The van der Waals surface area contributed by atoms with Gasteiger partial charge in [-0.1, -0.05) is 11.6 Å². The van der Waals surface area contributed by atoms with Gasteiger partial charge in [0.1, 0.15) is 5.15 Å². The van der Waals surface area contributed by atoms with Crippen LogP contribution in [0, 0.1) is 0 Å². The molecule has 1 N–H and O–H groups in total. The number of hydrogen-bond donors (Lipinski definition) is 1. The summed E-state index contributed by atoms with van der Waals surface area (Å²) in [5, 5.41) is 9.29. The van der Waals surface area contributed by atoms with E-state index >= 15 is 0 Å². The van der Waals surface area contributed by atoms with Gasteiger partial charge in [-0.3, -0.25) is 9.69 Å². The van der Waals surface area contributed by atoms with E-state index < -0.39 is 0 Å². The first-order valence-electron chi connectivity index (χ1n) is 6.61. The Bertz CT molecular complexity index is 485. The third-order valence-corrected chi connectivity index (χ3v) is 3.48. The number of rotatable bonds is 4. The van der Waals surface area contributed by atoms with Gasteiger partial charge in [0.25, 0.3) is 0 Å². The van der Waals surface area contributed by atoms with Gasteiger partial charge in [0.05, 0.1) is 6.61 Å². The van der Waals surface area contributed by atoms with Crippen molar-refractivity contribution in [2.24, 2.45) is 0 Å². The Labute approximate surface area is 123 Å². The van der Waals surface area contributed by atoms with E-state index in [1.54, 1.807) is 30.5 Å². The smallest absolute Gasteiger partial charge is 0.246 e. The molecule has 0 saturated carbocycles. The third kappa shape index (κ3) is 4.30. The summed E-state index contributed by atoms with van der Waals surface area (Å²) in [5.74, 6) is 0.00147. The average Bonchev–Trinajstić information content (AvgIpc) is 2.46. The fraction of sp³-hybridized carbons (Fsp3) is 0.429. The van der Waals surface area contributed by atoms with Crippen LogP contribution in [0.15, 0.2) is 24.4 Å². The van der Waals surface area contributed by atoms with Crippen molar-refractivity contribution in [3.05, 3.63) is 35.1 Å². The monoisotopic (exact) mass is 295 g/mol. The standard InChI is InChI=1S/C14H18ClN3O2/c15-13-11-12(3-4-16-13)1-2-14(20)18-7-5-17(6-8-18)9-10-19/h1-4,11,19H,5-10H2/b2-1+. The maximum Gasteiger partial charge on any atom is 0.246 e. The van der Waals surface area contributed by atoms with Crippen LogP contribution in [-0.4, -0.2) is 65.1 Å². The maximum absolute atomic E-state index is 12.0. The van der Waals surface area contributed by atoms with Crippen LogP contribution in [0.1, 0.15) is 5.56 Å². The lowest BCUT2D eigenvalue weighted by Gasteiger charge is -2.33. The van der Waals surface area contributed by atoms with Gasteiger partial charge in [-0.15, -0.1) is 0 Å². The van der Waals surface area contributed by atoms with Gasteiger partial charge in [-0.25, -0.2) is 4.98 Å². The Kier molecular flexibility index (Phi) is 5.52. The second-order valence-corrected chi connectivity index (χ2v) is 5.02.